The third kappa shape index (κ3) is 7.74. The fourth-order valence-corrected chi connectivity index (χ4v) is 4.40. The van der Waals surface area contributed by atoms with Gasteiger partial charge in [-0.15, -0.1) is 0 Å². The number of benzene rings is 2. The molecule has 0 heterocycles. The molecule has 0 fully saturated rings. The first-order valence-corrected chi connectivity index (χ1v) is 13.5. The van der Waals surface area contributed by atoms with Gasteiger partial charge >= 0.3 is 0 Å². The number of halogens is 1. The van der Waals surface area contributed by atoms with Crippen LogP contribution < -0.4 is 9.62 Å². The van der Waals surface area contributed by atoms with Gasteiger partial charge in [0.25, 0.3) is 0 Å². The summed E-state index contributed by atoms with van der Waals surface area (Å²) >= 11 is 6.21. The van der Waals surface area contributed by atoms with Crippen LogP contribution >= 0.6 is 11.6 Å². The summed E-state index contributed by atoms with van der Waals surface area (Å²) in [7, 11) is -3.79. The number of aryl methyl sites for hydroxylation is 1. The minimum Gasteiger partial charge on any atom is -0.352 e. The lowest BCUT2D eigenvalue weighted by Gasteiger charge is -2.32. The summed E-state index contributed by atoms with van der Waals surface area (Å²) in [6, 6.07) is 13.7. The molecule has 7 nitrogen and oxygen atoms in total. The summed E-state index contributed by atoms with van der Waals surface area (Å²) in [5.74, 6) is -0.745. The maximum absolute atomic E-state index is 13.5. The Morgan fingerprint density at radius 2 is 1.74 bits per heavy atom. The van der Waals surface area contributed by atoms with E-state index < -0.39 is 28.5 Å². The Morgan fingerprint density at radius 1 is 1.09 bits per heavy atom. The monoisotopic (exact) mass is 507 g/mol. The highest BCUT2D eigenvalue weighted by Crippen LogP contribution is 2.25. The van der Waals surface area contributed by atoms with Gasteiger partial charge in [0.1, 0.15) is 12.6 Å². The van der Waals surface area contributed by atoms with Crippen LogP contribution in [0.1, 0.15) is 38.3 Å². The van der Waals surface area contributed by atoms with E-state index in [0.29, 0.717) is 17.1 Å². The van der Waals surface area contributed by atoms with Crippen LogP contribution in [0, 0.1) is 6.92 Å². The van der Waals surface area contributed by atoms with Crippen LogP contribution in [-0.4, -0.2) is 56.6 Å². The van der Waals surface area contributed by atoms with Crippen LogP contribution in [0.5, 0.6) is 0 Å². The summed E-state index contributed by atoms with van der Waals surface area (Å²) in [5.41, 5.74) is 2.11. The molecule has 0 bridgehead atoms. The Labute approximate surface area is 208 Å². The lowest BCUT2D eigenvalue weighted by molar-refractivity contribution is -0.139. The minimum atomic E-state index is -3.79. The van der Waals surface area contributed by atoms with Crippen molar-refractivity contribution in [3.05, 3.63) is 64.7 Å². The van der Waals surface area contributed by atoms with Crippen molar-refractivity contribution in [2.45, 2.75) is 52.6 Å². The number of carbonyl (C=O) groups is 2. The molecule has 0 radical (unpaired) electrons. The lowest BCUT2D eigenvalue weighted by atomic mass is 10.1. The average molecular weight is 508 g/mol. The number of sulfonamides is 1. The van der Waals surface area contributed by atoms with E-state index in [0.717, 1.165) is 28.1 Å². The molecule has 2 atom stereocenters. The molecule has 34 heavy (non-hydrogen) atoms. The van der Waals surface area contributed by atoms with Gasteiger partial charge in [-0.25, -0.2) is 8.42 Å². The van der Waals surface area contributed by atoms with Gasteiger partial charge in [-0.1, -0.05) is 54.9 Å². The van der Waals surface area contributed by atoms with Crippen molar-refractivity contribution < 1.29 is 18.0 Å². The molecule has 186 valence electrons. The van der Waals surface area contributed by atoms with Crippen LogP contribution in [0.15, 0.2) is 48.5 Å². The second kappa shape index (κ2) is 12.2. The summed E-state index contributed by atoms with van der Waals surface area (Å²) < 4.78 is 26.2. The van der Waals surface area contributed by atoms with E-state index in [1.165, 1.54) is 11.0 Å². The highest BCUT2D eigenvalue weighted by atomic mass is 35.5. The molecule has 0 aliphatic rings. The molecule has 0 saturated heterocycles. The van der Waals surface area contributed by atoms with Crippen molar-refractivity contribution in [1.29, 1.82) is 0 Å². The van der Waals surface area contributed by atoms with Gasteiger partial charge in [-0.05, 0) is 56.9 Å². The Morgan fingerprint density at radius 3 is 2.29 bits per heavy atom. The van der Waals surface area contributed by atoms with Crippen LogP contribution in [0.2, 0.25) is 5.02 Å². The maximum Gasteiger partial charge on any atom is 0.244 e. The molecule has 9 heteroatoms. The molecular weight excluding hydrogens is 474 g/mol. The van der Waals surface area contributed by atoms with E-state index in [9.17, 15) is 18.0 Å². The predicted molar refractivity (Wildman–Crippen MR) is 138 cm³/mol. The van der Waals surface area contributed by atoms with Crippen molar-refractivity contribution in [2.75, 3.05) is 23.7 Å². The molecule has 2 rings (SSSR count). The van der Waals surface area contributed by atoms with Gasteiger partial charge in [0.15, 0.2) is 0 Å². The van der Waals surface area contributed by atoms with E-state index in [1.807, 2.05) is 51.1 Å². The van der Waals surface area contributed by atoms with Gasteiger partial charge in [0.05, 0.1) is 11.9 Å². The van der Waals surface area contributed by atoms with E-state index in [-0.39, 0.29) is 18.5 Å². The van der Waals surface area contributed by atoms with Crippen molar-refractivity contribution >= 4 is 39.1 Å². The van der Waals surface area contributed by atoms with E-state index in [4.69, 9.17) is 11.6 Å². The molecule has 0 spiro atoms. The lowest BCUT2D eigenvalue weighted by Crippen LogP contribution is -2.53. The van der Waals surface area contributed by atoms with Gasteiger partial charge in [0.2, 0.25) is 21.8 Å². The van der Waals surface area contributed by atoms with Gasteiger partial charge in [-0.3, -0.25) is 13.9 Å². The van der Waals surface area contributed by atoms with Crippen molar-refractivity contribution in [1.82, 2.24) is 10.2 Å². The molecule has 1 N–H and O–H groups in total. The second-order valence-corrected chi connectivity index (χ2v) is 10.8. The molecule has 2 aromatic rings. The third-order valence-corrected chi connectivity index (χ3v) is 7.32. The standard InChI is InChI=1S/C25H34ClN3O4S/c1-6-19(3)27-25(31)20(4)28(15-14-21-10-8-7-9-11-21)24(30)17-29(34(5,32)33)22-13-12-18(2)23(26)16-22/h7-13,16,19-20H,6,14-15,17H2,1-5H3,(H,27,31)/t19-,20-/m1/s1. The smallest absolute Gasteiger partial charge is 0.244 e. The molecule has 0 saturated carbocycles. The molecule has 0 aliphatic carbocycles. The quantitative estimate of drug-likeness (QED) is 0.501. The molecule has 0 aliphatic heterocycles. The number of hydrogen-bond donors (Lipinski definition) is 1. The normalized spacial score (nSPS) is 13.1. The van der Waals surface area contributed by atoms with Crippen molar-refractivity contribution in [3.63, 3.8) is 0 Å². The van der Waals surface area contributed by atoms with E-state index in [2.05, 4.69) is 5.32 Å². The Hall–Kier alpha value is -2.58. The third-order valence-electron chi connectivity index (χ3n) is 5.78. The fraction of sp³-hybridized carbons (Fsp3) is 0.440. The van der Waals surface area contributed by atoms with Gasteiger partial charge in [0, 0.05) is 17.6 Å². The summed E-state index contributed by atoms with van der Waals surface area (Å²) in [6.45, 7) is 7.16. The number of rotatable bonds is 11. The number of amides is 2. The highest BCUT2D eigenvalue weighted by Gasteiger charge is 2.30. The van der Waals surface area contributed by atoms with Crippen LogP contribution in [-0.2, 0) is 26.0 Å². The van der Waals surface area contributed by atoms with Crippen LogP contribution in [0.25, 0.3) is 0 Å². The van der Waals surface area contributed by atoms with Crippen molar-refractivity contribution in [3.8, 4) is 0 Å². The maximum atomic E-state index is 13.5. The number of nitrogens with zero attached hydrogens (tertiary/aromatic N) is 2. The summed E-state index contributed by atoms with van der Waals surface area (Å²) in [4.78, 5) is 27.7. The molecule has 0 aromatic heterocycles. The fourth-order valence-electron chi connectivity index (χ4n) is 3.39. The van der Waals surface area contributed by atoms with E-state index >= 15 is 0 Å². The Bertz CT molecular complexity index is 1090. The zero-order valence-electron chi connectivity index (χ0n) is 20.4. The topological polar surface area (TPSA) is 86.8 Å². The second-order valence-electron chi connectivity index (χ2n) is 8.52. The number of carbonyl (C=O) groups excluding carboxylic acids is 2. The Balaban J connectivity index is 2.33. The number of anilines is 1. The average Bonchev–Trinajstić information content (AvgIpc) is 2.79. The largest absolute Gasteiger partial charge is 0.352 e. The molecular formula is C25H34ClN3O4S. The predicted octanol–water partition coefficient (Wildman–Crippen LogP) is 3.79. The zero-order valence-corrected chi connectivity index (χ0v) is 22.0. The van der Waals surface area contributed by atoms with E-state index in [1.54, 1.807) is 19.1 Å². The SMILES string of the molecule is CC[C@@H](C)NC(=O)[C@@H](C)N(CCc1ccccc1)C(=O)CN(c1ccc(C)c(Cl)c1)S(C)(=O)=O. The minimum absolute atomic E-state index is 0.0387. The first-order chi connectivity index (χ1) is 15.9. The zero-order chi connectivity index (χ0) is 25.5. The summed E-state index contributed by atoms with van der Waals surface area (Å²) in [5, 5.41) is 3.31. The first-order valence-electron chi connectivity index (χ1n) is 11.3. The van der Waals surface area contributed by atoms with Gasteiger partial charge in [-0.2, -0.15) is 0 Å². The van der Waals surface area contributed by atoms with Crippen LogP contribution in [0.3, 0.4) is 0 Å². The molecule has 2 aromatic carbocycles. The van der Waals surface area contributed by atoms with Gasteiger partial charge < -0.3 is 10.2 Å². The molecule has 2 amide bonds. The number of nitrogens with one attached hydrogen (secondary N) is 1. The number of hydrogen-bond acceptors (Lipinski definition) is 4. The van der Waals surface area contributed by atoms with Crippen molar-refractivity contribution in [2.24, 2.45) is 0 Å². The Kier molecular flexibility index (Phi) is 9.94. The first kappa shape index (κ1) is 27.7. The van der Waals surface area contributed by atoms with Crippen LogP contribution in [0.4, 0.5) is 5.69 Å². The molecule has 0 unspecified atom stereocenters. The highest BCUT2D eigenvalue weighted by molar-refractivity contribution is 7.92. The summed E-state index contributed by atoms with van der Waals surface area (Å²) in [6.07, 6.45) is 2.33.